The molecule has 1 fully saturated rings. The highest BCUT2D eigenvalue weighted by Gasteiger charge is 2.42. The van der Waals surface area contributed by atoms with Crippen LogP contribution in [0.2, 0.25) is 0 Å². The molecule has 0 saturated carbocycles. The molecule has 0 bridgehead atoms. The number of hydrogen-bond donors (Lipinski definition) is 1. The van der Waals surface area contributed by atoms with Gasteiger partial charge in [0.05, 0.1) is 5.54 Å². The van der Waals surface area contributed by atoms with E-state index >= 15 is 0 Å². The van der Waals surface area contributed by atoms with Gasteiger partial charge in [-0.1, -0.05) is 13.3 Å². The maximum atomic E-state index is 12.3. The van der Waals surface area contributed by atoms with Gasteiger partial charge in [0.2, 0.25) is 11.0 Å². The predicted molar refractivity (Wildman–Crippen MR) is 59.0 cm³/mol. The molecule has 1 aromatic heterocycles. The van der Waals surface area contributed by atoms with Crippen LogP contribution in [0.1, 0.15) is 25.6 Å². The quantitative estimate of drug-likeness (QED) is 0.907. The Morgan fingerprint density at radius 3 is 2.59 bits per heavy atom. The number of halogens is 3. The molecule has 0 aliphatic carbocycles. The number of hydrogen-bond acceptors (Lipinski definition) is 5. The third-order valence-corrected chi connectivity index (χ3v) is 3.48. The molecule has 0 amide bonds. The fourth-order valence-corrected chi connectivity index (χ4v) is 2.65. The van der Waals surface area contributed by atoms with Crippen LogP contribution < -0.4 is 10.6 Å². The van der Waals surface area contributed by atoms with Crippen molar-refractivity contribution in [3.63, 3.8) is 0 Å². The smallest absolute Gasteiger partial charge is 0.343 e. The second kappa shape index (κ2) is 4.09. The van der Waals surface area contributed by atoms with Gasteiger partial charge in [0.15, 0.2) is 0 Å². The Kier molecular flexibility index (Phi) is 3.03. The Labute approximate surface area is 101 Å². The van der Waals surface area contributed by atoms with E-state index in [0.29, 0.717) is 18.2 Å². The number of anilines is 1. The van der Waals surface area contributed by atoms with E-state index in [2.05, 4.69) is 9.36 Å². The van der Waals surface area contributed by atoms with Crippen LogP contribution in [0.15, 0.2) is 0 Å². The monoisotopic (exact) mass is 266 g/mol. The number of rotatable bonds is 3. The lowest BCUT2D eigenvalue weighted by atomic mass is 9.87. The first-order valence-electron chi connectivity index (χ1n) is 5.29. The Morgan fingerprint density at radius 2 is 2.12 bits per heavy atom. The molecule has 0 atom stereocenters. The van der Waals surface area contributed by atoms with Crippen LogP contribution in [0, 0.1) is 0 Å². The average Bonchev–Trinajstić information content (AvgIpc) is 2.61. The summed E-state index contributed by atoms with van der Waals surface area (Å²) < 4.78 is 40.2. The van der Waals surface area contributed by atoms with E-state index < -0.39 is 12.0 Å². The van der Waals surface area contributed by atoms with Crippen molar-refractivity contribution in [2.24, 2.45) is 5.73 Å². The van der Waals surface area contributed by atoms with Crippen LogP contribution in [0.3, 0.4) is 0 Å². The summed E-state index contributed by atoms with van der Waals surface area (Å²) in [5, 5.41) is 0.300. The molecular formula is C9H13F3N4S. The molecule has 0 radical (unpaired) electrons. The second-order valence-corrected chi connectivity index (χ2v) is 5.10. The third-order valence-electron chi connectivity index (χ3n) is 2.70. The lowest BCUT2D eigenvalue weighted by Gasteiger charge is -2.47. The van der Waals surface area contributed by atoms with Crippen molar-refractivity contribution in [3.05, 3.63) is 5.82 Å². The van der Waals surface area contributed by atoms with Crippen molar-refractivity contribution in [2.45, 2.75) is 31.5 Å². The number of aromatic nitrogens is 2. The van der Waals surface area contributed by atoms with Gasteiger partial charge in [-0.2, -0.15) is 22.5 Å². The number of nitrogens with zero attached hydrogens (tertiary/aromatic N) is 3. The Bertz CT molecular complexity index is 397. The molecule has 4 nitrogen and oxygen atoms in total. The lowest BCUT2D eigenvalue weighted by molar-refractivity contribution is -0.144. The molecule has 2 heterocycles. The van der Waals surface area contributed by atoms with Gasteiger partial charge < -0.3 is 10.6 Å². The molecule has 1 aliphatic rings. The summed E-state index contributed by atoms with van der Waals surface area (Å²) >= 11 is 0.768. The Balaban J connectivity index is 2.00. The van der Waals surface area contributed by atoms with Crippen LogP contribution in [0.4, 0.5) is 18.3 Å². The first-order chi connectivity index (χ1) is 7.84. The summed E-state index contributed by atoms with van der Waals surface area (Å²) in [6, 6.07) is 0. The van der Waals surface area contributed by atoms with E-state index in [1.165, 1.54) is 0 Å². The molecule has 8 heteroatoms. The standard InChI is InChI=1S/C9H13F3N4S/c1-2-3-8(13)4-16(5-8)7-14-6(15-17-7)9(10,11)12/h2-5,13H2,1H3. The molecule has 1 saturated heterocycles. The summed E-state index contributed by atoms with van der Waals surface area (Å²) in [5.74, 6) is -1.07. The fourth-order valence-electron chi connectivity index (χ4n) is 1.96. The molecular weight excluding hydrogens is 253 g/mol. The van der Waals surface area contributed by atoms with E-state index in [1.807, 2.05) is 6.92 Å². The summed E-state index contributed by atoms with van der Waals surface area (Å²) in [5.41, 5.74) is 5.75. The SMILES string of the molecule is CCCC1(N)CN(c2nc(C(F)(F)F)ns2)C1. The second-order valence-electron chi connectivity index (χ2n) is 4.37. The zero-order valence-corrected chi connectivity index (χ0v) is 10.1. The van der Waals surface area contributed by atoms with Gasteiger partial charge in [-0.3, -0.25) is 0 Å². The van der Waals surface area contributed by atoms with E-state index in [4.69, 9.17) is 5.73 Å². The normalized spacial score (nSPS) is 19.2. The van der Waals surface area contributed by atoms with Crippen molar-refractivity contribution < 1.29 is 13.2 Å². The Morgan fingerprint density at radius 1 is 1.47 bits per heavy atom. The van der Waals surface area contributed by atoms with Gasteiger partial charge in [-0.05, 0) is 6.42 Å². The van der Waals surface area contributed by atoms with E-state index in [9.17, 15) is 13.2 Å². The third kappa shape index (κ3) is 2.52. The van der Waals surface area contributed by atoms with Crippen molar-refractivity contribution >= 4 is 16.7 Å². The molecule has 17 heavy (non-hydrogen) atoms. The zero-order chi connectivity index (χ0) is 12.7. The van der Waals surface area contributed by atoms with Gasteiger partial charge in [-0.25, -0.2) is 0 Å². The van der Waals surface area contributed by atoms with Crippen molar-refractivity contribution in [3.8, 4) is 0 Å². The molecule has 2 N–H and O–H groups in total. The molecule has 0 unspecified atom stereocenters. The number of nitrogens with two attached hydrogens (primary N) is 1. The van der Waals surface area contributed by atoms with E-state index in [1.54, 1.807) is 4.90 Å². The summed E-state index contributed by atoms with van der Waals surface area (Å²) in [7, 11) is 0. The van der Waals surface area contributed by atoms with Gasteiger partial charge in [-0.15, -0.1) is 0 Å². The van der Waals surface area contributed by atoms with Crippen LogP contribution in [0.25, 0.3) is 0 Å². The maximum absolute atomic E-state index is 12.3. The average molecular weight is 266 g/mol. The fraction of sp³-hybridized carbons (Fsp3) is 0.778. The summed E-state index contributed by atoms with van der Waals surface area (Å²) in [4.78, 5) is 5.22. The minimum absolute atomic E-state index is 0.279. The molecule has 0 aromatic carbocycles. The molecule has 1 aliphatic heterocycles. The predicted octanol–water partition coefficient (Wildman–Crippen LogP) is 1.87. The minimum atomic E-state index is -4.47. The van der Waals surface area contributed by atoms with Crippen LogP contribution in [0.5, 0.6) is 0 Å². The Hall–Kier alpha value is -0.890. The van der Waals surface area contributed by atoms with Crippen LogP contribution >= 0.6 is 11.5 Å². The van der Waals surface area contributed by atoms with E-state index in [0.717, 1.165) is 24.4 Å². The van der Waals surface area contributed by atoms with Gasteiger partial charge in [0, 0.05) is 24.6 Å². The number of alkyl halides is 3. The summed E-state index contributed by atoms with van der Waals surface area (Å²) in [6.07, 6.45) is -2.63. The molecule has 1 aromatic rings. The van der Waals surface area contributed by atoms with Crippen LogP contribution in [-0.4, -0.2) is 28.0 Å². The van der Waals surface area contributed by atoms with Gasteiger partial charge >= 0.3 is 6.18 Å². The van der Waals surface area contributed by atoms with Crippen molar-refractivity contribution in [2.75, 3.05) is 18.0 Å². The summed E-state index contributed by atoms with van der Waals surface area (Å²) in [6.45, 7) is 3.13. The van der Waals surface area contributed by atoms with Crippen LogP contribution in [-0.2, 0) is 6.18 Å². The highest BCUT2D eigenvalue weighted by atomic mass is 32.1. The first kappa shape index (κ1) is 12.6. The maximum Gasteiger partial charge on any atom is 0.452 e. The molecule has 2 rings (SSSR count). The highest BCUT2D eigenvalue weighted by molar-refractivity contribution is 7.09. The largest absolute Gasteiger partial charge is 0.452 e. The first-order valence-corrected chi connectivity index (χ1v) is 6.06. The minimum Gasteiger partial charge on any atom is -0.343 e. The van der Waals surface area contributed by atoms with Crippen molar-refractivity contribution in [1.82, 2.24) is 9.36 Å². The highest BCUT2D eigenvalue weighted by Crippen LogP contribution is 2.34. The zero-order valence-electron chi connectivity index (χ0n) is 9.29. The van der Waals surface area contributed by atoms with E-state index in [-0.39, 0.29) is 5.54 Å². The topological polar surface area (TPSA) is 55.0 Å². The van der Waals surface area contributed by atoms with Gasteiger partial charge in [0.1, 0.15) is 0 Å². The molecule has 96 valence electrons. The lowest BCUT2D eigenvalue weighted by Crippen LogP contribution is -2.67. The van der Waals surface area contributed by atoms with Gasteiger partial charge in [0.25, 0.3) is 0 Å². The van der Waals surface area contributed by atoms with Crippen molar-refractivity contribution in [1.29, 1.82) is 0 Å². The molecule has 0 spiro atoms.